The third kappa shape index (κ3) is 3.81. The highest BCUT2D eigenvalue weighted by Crippen LogP contribution is 2.33. The van der Waals surface area contributed by atoms with Crippen molar-refractivity contribution in [2.45, 2.75) is 58.1 Å². The molecule has 34 heavy (non-hydrogen) atoms. The van der Waals surface area contributed by atoms with E-state index in [1.165, 1.54) is 0 Å². The van der Waals surface area contributed by atoms with E-state index in [9.17, 15) is 5.11 Å². The summed E-state index contributed by atoms with van der Waals surface area (Å²) < 4.78 is 8.82. The van der Waals surface area contributed by atoms with Gasteiger partial charge in [0.2, 0.25) is 5.95 Å². The summed E-state index contributed by atoms with van der Waals surface area (Å²) in [4.78, 5) is 11.8. The molecule has 3 N–H and O–H groups in total. The molecular weight excluding hydrogens is 432 g/mol. The molecule has 1 aliphatic heterocycles. The zero-order chi connectivity index (χ0) is 24.2. The van der Waals surface area contributed by atoms with Crippen LogP contribution in [0.2, 0.25) is 0 Å². The van der Waals surface area contributed by atoms with E-state index >= 15 is 0 Å². The first-order valence-corrected chi connectivity index (χ1v) is 11.7. The van der Waals surface area contributed by atoms with Crippen molar-refractivity contribution in [1.82, 2.24) is 29.4 Å². The van der Waals surface area contributed by atoms with Crippen molar-refractivity contribution in [1.29, 1.82) is 0 Å². The highest BCUT2D eigenvalue weighted by atomic mass is 16.5. The van der Waals surface area contributed by atoms with Gasteiger partial charge in [0.1, 0.15) is 5.75 Å². The molecule has 1 fully saturated rings. The minimum atomic E-state index is -0.860. The van der Waals surface area contributed by atoms with Gasteiger partial charge in [0.25, 0.3) is 0 Å². The molecule has 1 aromatic carbocycles. The minimum absolute atomic E-state index is 0.136. The first-order chi connectivity index (χ1) is 16.2. The van der Waals surface area contributed by atoms with E-state index in [1.807, 2.05) is 42.9 Å². The number of fused-ring (bicyclic) bond motifs is 3. The summed E-state index contributed by atoms with van der Waals surface area (Å²) in [6, 6.07) is 5.56. The lowest BCUT2D eigenvalue weighted by molar-refractivity contribution is 0.0257. The van der Waals surface area contributed by atoms with Crippen molar-refractivity contribution < 1.29 is 9.84 Å². The maximum Gasteiger partial charge on any atom is 0.223 e. The number of nitrogens with zero attached hydrogens (tertiary/aromatic N) is 7. The second-order valence-electron chi connectivity index (χ2n) is 9.75. The monoisotopic (exact) mass is 464 g/mol. The van der Waals surface area contributed by atoms with Crippen LogP contribution in [0.15, 0.2) is 24.4 Å². The average Bonchev–Trinajstić information content (AvgIpc) is 3.42. The smallest absolute Gasteiger partial charge is 0.223 e. The summed E-state index contributed by atoms with van der Waals surface area (Å²) >= 11 is 0. The van der Waals surface area contributed by atoms with Gasteiger partial charge >= 0.3 is 0 Å². The van der Waals surface area contributed by atoms with Gasteiger partial charge in [0, 0.05) is 36.7 Å². The third-order valence-electron chi connectivity index (χ3n) is 6.96. The van der Waals surface area contributed by atoms with Gasteiger partial charge in [0.15, 0.2) is 11.5 Å². The van der Waals surface area contributed by atoms with Crippen molar-refractivity contribution in [2.75, 3.05) is 30.8 Å². The molecule has 1 aliphatic rings. The van der Waals surface area contributed by atoms with Gasteiger partial charge in [-0.05, 0) is 52.7 Å². The van der Waals surface area contributed by atoms with Gasteiger partial charge in [-0.1, -0.05) is 0 Å². The van der Waals surface area contributed by atoms with Crippen molar-refractivity contribution in [3.63, 3.8) is 0 Å². The number of rotatable bonds is 5. The summed E-state index contributed by atoms with van der Waals surface area (Å²) in [5, 5.41) is 20.7. The Balaban J connectivity index is 1.46. The molecule has 2 atom stereocenters. The first-order valence-electron chi connectivity index (χ1n) is 11.7. The zero-order valence-corrected chi connectivity index (χ0v) is 20.4. The standard InChI is InChI=1S/C24H32N8O2/c1-14-20(13-31(28-14)15(2)24(3,4)33)30-10-6-7-16(12-30)21-27-22-18-9-8-17(34-5)11-19(18)26-23(25)32(22)29-21/h8-9,11,13,15-16,33H,6-7,10,12H2,1-5H3,(H2,25,26)/t15?,16-/m1/s1. The van der Waals surface area contributed by atoms with Gasteiger partial charge in [-0.3, -0.25) is 4.68 Å². The maximum absolute atomic E-state index is 10.4. The van der Waals surface area contributed by atoms with Crippen molar-refractivity contribution in [3.8, 4) is 5.75 Å². The van der Waals surface area contributed by atoms with Crippen LogP contribution in [0.4, 0.5) is 11.6 Å². The molecule has 10 heteroatoms. The fourth-order valence-corrected chi connectivity index (χ4v) is 4.64. The number of nitrogen functional groups attached to an aromatic ring is 1. The lowest BCUT2D eigenvalue weighted by Crippen LogP contribution is -2.35. The zero-order valence-electron chi connectivity index (χ0n) is 20.4. The molecule has 5 rings (SSSR count). The Bertz CT molecular complexity index is 1350. The Morgan fingerprint density at radius 2 is 2.03 bits per heavy atom. The Hall–Kier alpha value is -3.40. The summed E-state index contributed by atoms with van der Waals surface area (Å²) in [6.45, 7) is 9.34. The van der Waals surface area contributed by atoms with E-state index in [-0.39, 0.29) is 12.0 Å². The Morgan fingerprint density at radius 3 is 2.76 bits per heavy atom. The molecule has 4 heterocycles. The number of hydrogen-bond donors (Lipinski definition) is 2. The van der Waals surface area contributed by atoms with Crippen LogP contribution in [0.1, 0.15) is 57.1 Å². The molecule has 3 aromatic heterocycles. The van der Waals surface area contributed by atoms with Gasteiger partial charge in [-0.15, -0.1) is 5.10 Å². The van der Waals surface area contributed by atoms with Crippen LogP contribution in [0.3, 0.4) is 0 Å². The molecule has 10 nitrogen and oxygen atoms in total. The van der Waals surface area contributed by atoms with E-state index in [0.717, 1.165) is 59.8 Å². The van der Waals surface area contributed by atoms with Crippen LogP contribution in [0, 0.1) is 6.92 Å². The van der Waals surface area contributed by atoms with Crippen molar-refractivity contribution in [2.24, 2.45) is 0 Å². The average molecular weight is 465 g/mol. The predicted octanol–water partition coefficient (Wildman–Crippen LogP) is 3.09. The fraction of sp³-hybridized carbons (Fsp3) is 0.500. The Kier molecular flexibility index (Phi) is 5.35. The van der Waals surface area contributed by atoms with Gasteiger partial charge in [-0.2, -0.15) is 9.61 Å². The molecule has 0 amide bonds. The molecule has 0 radical (unpaired) electrons. The summed E-state index contributed by atoms with van der Waals surface area (Å²) in [7, 11) is 1.63. The third-order valence-corrected chi connectivity index (χ3v) is 6.96. The first kappa shape index (κ1) is 22.4. The summed E-state index contributed by atoms with van der Waals surface area (Å²) in [6.07, 6.45) is 4.07. The lowest BCUT2D eigenvalue weighted by atomic mass is 9.97. The van der Waals surface area contributed by atoms with E-state index in [2.05, 4.69) is 15.0 Å². The number of nitrogens with two attached hydrogens (primary N) is 1. The SMILES string of the molecule is COc1ccc2c(c1)nc(N)n1nc([C@@H]3CCCN(c4cn(C(C)C(C)(C)O)nc4C)C3)nc21. The van der Waals surface area contributed by atoms with E-state index in [0.29, 0.717) is 11.6 Å². The highest BCUT2D eigenvalue weighted by molar-refractivity contribution is 5.93. The van der Waals surface area contributed by atoms with Gasteiger partial charge in [-0.25, -0.2) is 9.97 Å². The predicted molar refractivity (Wildman–Crippen MR) is 131 cm³/mol. The quantitative estimate of drug-likeness (QED) is 0.462. The van der Waals surface area contributed by atoms with E-state index in [1.54, 1.807) is 25.5 Å². The van der Waals surface area contributed by atoms with Crippen LogP contribution in [0.5, 0.6) is 5.75 Å². The number of anilines is 2. The van der Waals surface area contributed by atoms with Crippen LogP contribution in [0.25, 0.3) is 16.6 Å². The second-order valence-corrected chi connectivity index (χ2v) is 9.75. The summed E-state index contributed by atoms with van der Waals surface area (Å²) in [5.74, 6) is 1.97. The Morgan fingerprint density at radius 1 is 1.24 bits per heavy atom. The maximum atomic E-state index is 10.4. The molecule has 0 aliphatic carbocycles. The van der Waals surface area contributed by atoms with Crippen LogP contribution in [-0.2, 0) is 0 Å². The second kappa shape index (κ2) is 8.12. The number of hydrogen-bond acceptors (Lipinski definition) is 8. The number of aliphatic hydroxyl groups is 1. The highest BCUT2D eigenvalue weighted by Gasteiger charge is 2.30. The van der Waals surface area contributed by atoms with Gasteiger partial charge < -0.3 is 20.5 Å². The van der Waals surface area contributed by atoms with Crippen molar-refractivity contribution >= 4 is 28.2 Å². The number of benzene rings is 1. The molecule has 0 bridgehead atoms. The number of aryl methyl sites for hydroxylation is 1. The minimum Gasteiger partial charge on any atom is -0.497 e. The molecule has 1 saturated heterocycles. The van der Waals surface area contributed by atoms with Gasteiger partial charge in [0.05, 0.1) is 35.7 Å². The molecule has 180 valence electrons. The van der Waals surface area contributed by atoms with Crippen LogP contribution < -0.4 is 15.4 Å². The molecule has 0 saturated carbocycles. The largest absolute Gasteiger partial charge is 0.497 e. The molecule has 4 aromatic rings. The fourth-order valence-electron chi connectivity index (χ4n) is 4.64. The lowest BCUT2D eigenvalue weighted by Gasteiger charge is -2.32. The summed E-state index contributed by atoms with van der Waals surface area (Å²) in [5.41, 5.74) is 8.85. The number of aromatic nitrogens is 6. The number of ether oxygens (including phenoxy) is 1. The molecular formula is C24H32N8O2. The van der Waals surface area contributed by atoms with Crippen molar-refractivity contribution in [3.05, 3.63) is 35.9 Å². The topological polar surface area (TPSA) is 120 Å². The molecule has 0 spiro atoms. The van der Waals surface area contributed by atoms with E-state index < -0.39 is 5.60 Å². The number of piperidine rings is 1. The normalized spacial score (nSPS) is 18.1. The number of methoxy groups -OCH3 is 1. The van der Waals surface area contributed by atoms with Crippen LogP contribution >= 0.6 is 0 Å². The van der Waals surface area contributed by atoms with Crippen LogP contribution in [-0.4, -0.2) is 60.3 Å². The van der Waals surface area contributed by atoms with E-state index in [4.69, 9.17) is 20.6 Å². The Labute approximate surface area is 198 Å². The molecule has 1 unspecified atom stereocenters.